The molecule has 126 valence electrons. The molecule has 1 aliphatic heterocycles. The third kappa shape index (κ3) is 3.62. The van der Waals surface area contributed by atoms with Gasteiger partial charge in [-0.25, -0.2) is 0 Å². The third-order valence-corrected chi connectivity index (χ3v) is 4.94. The van der Waals surface area contributed by atoms with E-state index in [1.807, 2.05) is 35.7 Å². The lowest BCUT2D eigenvalue weighted by molar-refractivity contribution is 0.0772. The second-order valence-electron chi connectivity index (χ2n) is 5.79. The van der Waals surface area contributed by atoms with Gasteiger partial charge in [-0.1, -0.05) is 6.07 Å². The van der Waals surface area contributed by atoms with E-state index in [4.69, 9.17) is 0 Å². The molecule has 1 fully saturated rings. The average Bonchev–Trinajstić information content (AvgIpc) is 3.03. The highest BCUT2D eigenvalue weighted by Crippen LogP contribution is 2.20. The molecule has 7 heteroatoms. The van der Waals surface area contributed by atoms with Gasteiger partial charge in [-0.15, -0.1) is 0 Å². The number of carbonyl (C=O) groups excluding carboxylic acids is 2. The molecule has 0 spiro atoms. The van der Waals surface area contributed by atoms with E-state index < -0.39 is 0 Å². The van der Waals surface area contributed by atoms with Crippen LogP contribution in [0.2, 0.25) is 0 Å². The lowest BCUT2D eigenvalue weighted by atomic mass is 10.1. The second kappa shape index (κ2) is 7.09. The van der Waals surface area contributed by atoms with Crippen LogP contribution in [-0.4, -0.2) is 51.1 Å². The van der Waals surface area contributed by atoms with Crippen molar-refractivity contribution in [3.8, 4) is 0 Å². The fourth-order valence-electron chi connectivity index (χ4n) is 2.57. The molecule has 0 bridgehead atoms. The van der Waals surface area contributed by atoms with Gasteiger partial charge >= 0.3 is 0 Å². The lowest BCUT2D eigenvalue weighted by Gasteiger charge is -2.26. The van der Waals surface area contributed by atoms with E-state index in [-0.39, 0.29) is 11.8 Å². The van der Waals surface area contributed by atoms with Gasteiger partial charge in [0.15, 0.2) is 0 Å². The summed E-state index contributed by atoms with van der Waals surface area (Å²) in [4.78, 5) is 26.8. The molecule has 6 nitrogen and oxygen atoms in total. The van der Waals surface area contributed by atoms with Gasteiger partial charge in [-0.2, -0.15) is 16.9 Å². The number of aromatic nitrogens is 2. The Hall–Kier alpha value is -2.28. The molecule has 1 saturated heterocycles. The Morgan fingerprint density at radius 2 is 1.96 bits per heavy atom. The Bertz CT molecular complexity index is 766. The number of nitrogens with zero attached hydrogens (tertiary/aromatic N) is 3. The molecule has 1 N–H and O–H groups in total. The van der Waals surface area contributed by atoms with Crippen LogP contribution in [-0.2, 0) is 7.05 Å². The Labute approximate surface area is 145 Å². The van der Waals surface area contributed by atoms with Crippen molar-refractivity contribution in [3.05, 3.63) is 47.3 Å². The summed E-state index contributed by atoms with van der Waals surface area (Å²) >= 11 is 1.87. The summed E-state index contributed by atoms with van der Waals surface area (Å²) < 4.78 is 1.58. The fraction of sp³-hybridized carbons (Fsp3) is 0.353. The van der Waals surface area contributed by atoms with Crippen molar-refractivity contribution in [1.29, 1.82) is 0 Å². The first-order chi connectivity index (χ1) is 11.5. The molecule has 24 heavy (non-hydrogen) atoms. The van der Waals surface area contributed by atoms with Crippen LogP contribution in [0.1, 0.15) is 26.3 Å². The van der Waals surface area contributed by atoms with Crippen molar-refractivity contribution >= 4 is 29.3 Å². The minimum absolute atomic E-state index is 0.0205. The summed E-state index contributed by atoms with van der Waals surface area (Å²) in [6.45, 7) is 3.45. The van der Waals surface area contributed by atoms with E-state index in [1.54, 1.807) is 24.0 Å². The molecular formula is C17H20N4O2S. The maximum absolute atomic E-state index is 12.6. The molecule has 2 amide bonds. The minimum Gasteiger partial charge on any atom is -0.337 e. The summed E-state index contributed by atoms with van der Waals surface area (Å²) in [6, 6.07) is 5.44. The number of hydrogen-bond donors (Lipinski definition) is 1. The zero-order chi connectivity index (χ0) is 17.1. The molecule has 0 radical (unpaired) electrons. The van der Waals surface area contributed by atoms with Crippen LogP contribution in [0.4, 0.5) is 5.69 Å². The summed E-state index contributed by atoms with van der Waals surface area (Å²) in [5.41, 5.74) is 2.66. The summed E-state index contributed by atoms with van der Waals surface area (Å²) in [5.74, 6) is 1.74. The van der Waals surface area contributed by atoms with Crippen LogP contribution < -0.4 is 5.32 Å². The molecule has 0 saturated carbocycles. The molecule has 2 heterocycles. The lowest BCUT2D eigenvalue weighted by Crippen LogP contribution is -2.37. The molecule has 2 aromatic rings. The van der Waals surface area contributed by atoms with Gasteiger partial charge in [-0.3, -0.25) is 14.3 Å². The molecule has 0 atom stereocenters. The van der Waals surface area contributed by atoms with Gasteiger partial charge in [0.05, 0.1) is 11.8 Å². The van der Waals surface area contributed by atoms with E-state index in [0.717, 1.165) is 30.2 Å². The van der Waals surface area contributed by atoms with Crippen LogP contribution in [0.15, 0.2) is 30.6 Å². The van der Waals surface area contributed by atoms with E-state index in [2.05, 4.69) is 10.4 Å². The van der Waals surface area contributed by atoms with E-state index >= 15 is 0 Å². The third-order valence-electron chi connectivity index (χ3n) is 4.00. The van der Waals surface area contributed by atoms with Gasteiger partial charge in [0, 0.05) is 49.1 Å². The highest BCUT2D eigenvalue weighted by molar-refractivity contribution is 7.99. The molecule has 1 aromatic carbocycles. The van der Waals surface area contributed by atoms with E-state index in [9.17, 15) is 9.59 Å². The van der Waals surface area contributed by atoms with Crippen molar-refractivity contribution in [2.24, 2.45) is 7.05 Å². The molecular weight excluding hydrogens is 324 g/mol. The smallest absolute Gasteiger partial charge is 0.258 e. The number of carbonyl (C=O) groups is 2. The topological polar surface area (TPSA) is 67.2 Å². The van der Waals surface area contributed by atoms with E-state index in [0.29, 0.717) is 16.8 Å². The van der Waals surface area contributed by atoms with Gasteiger partial charge in [0.25, 0.3) is 11.8 Å². The normalized spacial score (nSPS) is 14.5. The Balaban J connectivity index is 1.78. The fourth-order valence-corrected chi connectivity index (χ4v) is 3.47. The number of thioether (sulfide) groups is 1. The van der Waals surface area contributed by atoms with Crippen LogP contribution in [0.5, 0.6) is 0 Å². The van der Waals surface area contributed by atoms with Gasteiger partial charge in [-0.05, 0) is 24.6 Å². The number of hydrogen-bond acceptors (Lipinski definition) is 4. The van der Waals surface area contributed by atoms with Crippen molar-refractivity contribution in [2.45, 2.75) is 6.92 Å². The number of anilines is 1. The number of rotatable bonds is 3. The number of amides is 2. The second-order valence-corrected chi connectivity index (χ2v) is 7.02. The number of nitrogens with one attached hydrogen (secondary N) is 1. The van der Waals surface area contributed by atoms with Gasteiger partial charge < -0.3 is 10.2 Å². The zero-order valence-electron chi connectivity index (χ0n) is 13.8. The standard InChI is InChI=1S/C17H20N4O2S/c1-12-3-4-13(17(23)21-5-7-24-8-6-21)9-15(12)19-16(22)14-10-18-20(2)11-14/h3-4,9-11H,5-8H2,1-2H3,(H,19,22). The first-order valence-electron chi connectivity index (χ1n) is 7.82. The monoisotopic (exact) mass is 344 g/mol. The number of benzene rings is 1. The van der Waals surface area contributed by atoms with Gasteiger partial charge in [0.2, 0.25) is 0 Å². The average molecular weight is 344 g/mol. The first kappa shape index (κ1) is 16.6. The highest BCUT2D eigenvalue weighted by atomic mass is 32.2. The molecule has 1 aromatic heterocycles. The summed E-state index contributed by atoms with van der Waals surface area (Å²) in [6.07, 6.45) is 3.18. The molecule has 0 aliphatic carbocycles. The van der Waals surface area contributed by atoms with Crippen LogP contribution in [0.25, 0.3) is 0 Å². The van der Waals surface area contributed by atoms with Crippen LogP contribution >= 0.6 is 11.8 Å². The predicted octanol–water partition coefficient (Wildman–Crippen LogP) is 2.17. The first-order valence-corrected chi connectivity index (χ1v) is 8.98. The van der Waals surface area contributed by atoms with Crippen molar-refractivity contribution < 1.29 is 9.59 Å². The Morgan fingerprint density at radius 3 is 2.62 bits per heavy atom. The summed E-state index contributed by atoms with van der Waals surface area (Å²) in [5, 5.41) is 6.87. The highest BCUT2D eigenvalue weighted by Gasteiger charge is 2.19. The van der Waals surface area contributed by atoms with Gasteiger partial charge in [0.1, 0.15) is 0 Å². The summed E-state index contributed by atoms with van der Waals surface area (Å²) in [7, 11) is 1.76. The van der Waals surface area contributed by atoms with E-state index in [1.165, 1.54) is 6.20 Å². The van der Waals surface area contributed by atoms with Crippen molar-refractivity contribution in [3.63, 3.8) is 0 Å². The van der Waals surface area contributed by atoms with Crippen LogP contribution in [0.3, 0.4) is 0 Å². The maximum atomic E-state index is 12.6. The zero-order valence-corrected chi connectivity index (χ0v) is 14.6. The Morgan fingerprint density at radius 1 is 1.21 bits per heavy atom. The Kier molecular flexibility index (Phi) is 4.89. The molecule has 1 aliphatic rings. The molecule has 0 unspecified atom stereocenters. The van der Waals surface area contributed by atoms with Crippen molar-refractivity contribution in [1.82, 2.24) is 14.7 Å². The quantitative estimate of drug-likeness (QED) is 0.927. The molecule has 3 rings (SSSR count). The SMILES string of the molecule is Cc1ccc(C(=O)N2CCSCC2)cc1NC(=O)c1cnn(C)c1. The maximum Gasteiger partial charge on any atom is 0.258 e. The number of aryl methyl sites for hydroxylation is 2. The predicted molar refractivity (Wildman–Crippen MR) is 95.6 cm³/mol. The van der Waals surface area contributed by atoms with Crippen LogP contribution in [0, 0.1) is 6.92 Å². The largest absolute Gasteiger partial charge is 0.337 e. The minimum atomic E-state index is -0.231. The van der Waals surface area contributed by atoms with Crippen molar-refractivity contribution in [2.75, 3.05) is 29.9 Å².